The first-order chi connectivity index (χ1) is 17.9. The van der Waals surface area contributed by atoms with E-state index in [0.717, 1.165) is 36.8 Å². The van der Waals surface area contributed by atoms with Crippen molar-refractivity contribution >= 4 is 46.6 Å². The molecule has 2 amide bonds. The van der Waals surface area contributed by atoms with Gasteiger partial charge in [0.1, 0.15) is 6.04 Å². The van der Waals surface area contributed by atoms with Crippen molar-refractivity contribution in [3.8, 4) is 0 Å². The second kappa shape index (κ2) is 13.3. The van der Waals surface area contributed by atoms with Gasteiger partial charge in [0.25, 0.3) is 0 Å². The summed E-state index contributed by atoms with van der Waals surface area (Å²) in [4.78, 5) is 29.4. The maximum atomic E-state index is 13.9. The van der Waals surface area contributed by atoms with Gasteiger partial charge in [0.2, 0.25) is 11.8 Å². The van der Waals surface area contributed by atoms with E-state index in [0.29, 0.717) is 27.1 Å². The highest BCUT2D eigenvalue weighted by Gasteiger charge is 2.32. The van der Waals surface area contributed by atoms with Gasteiger partial charge in [0.15, 0.2) is 0 Å². The first-order valence-corrected chi connectivity index (χ1v) is 13.8. The van der Waals surface area contributed by atoms with Crippen molar-refractivity contribution in [1.29, 1.82) is 0 Å². The normalized spacial score (nSPS) is 14.7. The highest BCUT2D eigenvalue weighted by molar-refractivity contribution is 6.36. The summed E-state index contributed by atoms with van der Waals surface area (Å²) in [6, 6.07) is 21.8. The molecule has 0 bridgehead atoms. The van der Waals surface area contributed by atoms with Gasteiger partial charge in [-0.15, -0.1) is 0 Å². The Morgan fingerprint density at radius 2 is 1.46 bits per heavy atom. The summed E-state index contributed by atoms with van der Waals surface area (Å²) in [5.41, 5.74) is 2.42. The molecule has 3 aromatic rings. The van der Waals surface area contributed by atoms with Gasteiger partial charge in [-0.3, -0.25) is 9.59 Å². The number of halogens is 3. The fourth-order valence-electron chi connectivity index (χ4n) is 4.84. The summed E-state index contributed by atoms with van der Waals surface area (Å²) in [7, 11) is 0. The highest BCUT2D eigenvalue weighted by atomic mass is 35.5. The van der Waals surface area contributed by atoms with Gasteiger partial charge in [0.05, 0.1) is 6.42 Å². The molecular weight excluding hydrogens is 527 g/mol. The summed E-state index contributed by atoms with van der Waals surface area (Å²) in [5.74, 6) is -0.354. The van der Waals surface area contributed by atoms with Crippen LogP contribution in [0, 0.1) is 0 Å². The number of carbonyl (C=O) groups excluding carboxylic acids is 2. The van der Waals surface area contributed by atoms with E-state index in [1.165, 1.54) is 6.42 Å². The minimum Gasteiger partial charge on any atom is -0.352 e. The summed E-state index contributed by atoms with van der Waals surface area (Å²) >= 11 is 18.9. The largest absolute Gasteiger partial charge is 0.352 e. The van der Waals surface area contributed by atoms with Gasteiger partial charge >= 0.3 is 0 Å². The lowest BCUT2D eigenvalue weighted by Crippen LogP contribution is -2.53. The topological polar surface area (TPSA) is 49.4 Å². The number of nitrogens with zero attached hydrogens (tertiary/aromatic N) is 1. The van der Waals surface area contributed by atoms with Crippen LogP contribution in [-0.2, 0) is 29.0 Å². The maximum absolute atomic E-state index is 13.9. The number of hydrogen-bond donors (Lipinski definition) is 1. The first kappa shape index (κ1) is 27.5. The fourth-order valence-corrected chi connectivity index (χ4v) is 5.50. The number of nitrogens with one attached hydrogen (secondary N) is 1. The number of hydrogen-bond acceptors (Lipinski definition) is 2. The quantitative estimate of drug-likeness (QED) is 0.301. The van der Waals surface area contributed by atoms with Crippen molar-refractivity contribution in [2.24, 2.45) is 0 Å². The van der Waals surface area contributed by atoms with E-state index in [1.54, 1.807) is 35.2 Å². The molecule has 1 aliphatic rings. The molecule has 0 unspecified atom stereocenters. The van der Waals surface area contributed by atoms with E-state index in [9.17, 15) is 9.59 Å². The zero-order valence-corrected chi connectivity index (χ0v) is 22.9. The van der Waals surface area contributed by atoms with Gasteiger partial charge in [-0.05, 0) is 53.8 Å². The molecule has 4 nitrogen and oxygen atoms in total. The van der Waals surface area contributed by atoms with Crippen molar-refractivity contribution in [1.82, 2.24) is 10.2 Å². The Hall–Kier alpha value is -2.53. The van der Waals surface area contributed by atoms with E-state index < -0.39 is 6.04 Å². The zero-order chi connectivity index (χ0) is 26.2. The van der Waals surface area contributed by atoms with E-state index >= 15 is 0 Å². The van der Waals surface area contributed by atoms with E-state index in [1.807, 2.05) is 42.5 Å². The average Bonchev–Trinajstić information content (AvgIpc) is 2.90. The van der Waals surface area contributed by atoms with Gasteiger partial charge in [0, 0.05) is 34.1 Å². The molecule has 37 heavy (non-hydrogen) atoms. The molecule has 7 heteroatoms. The fraction of sp³-hybridized carbons (Fsp3) is 0.333. The molecule has 0 saturated heterocycles. The Labute approximate surface area is 233 Å². The first-order valence-electron chi connectivity index (χ1n) is 12.7. The third-order valence-corrected chi connectivity index (χ3v) is 7.84. The highest BCUT2D eigenvalue weighted by Crippen LogP contribution is 2.27. The molecule has 0 aliphatic heterocycles. The minimum atomic E-state index is -0.700. The van der Waals surface area contributed by atoms with E-state index in [2.05, 4.69) is 5.32 Å². The summed E-state index contributed by atoms with van der Waals surface area (Å²) in [6.07, 6.45) is 5.72. The smallest absolute Gasteiger partial charge is 0.243 e. The SMILES string of the molecule is O=C(NC1CCCCC1)[C@@H](Cc1ccccc1)N(Cc1ccc(Cl)cc1)C(=O)Cc1c(Cl)cccc1Cl. The summed E-state index contributed by atoms with van der Waals surface area (Å²) in [5, 5.41) is 4.72. The molecular formula is C30H31Cl3N2O2. The molecule has 0 aromatic heterocycles. The maximum Gasteiger partial charge on any atom is 0.243 e. The standard InChI is InChI=1S/C30H31Cl3N2O2/c31-23-16-14-22(15-17-23)20-35(29(36)19-25-26(32)12-7-13-27(25)33)28(18-21-8-3-1-4-9-21)30(37)34-24-10-5-2-6-11-24/h1,3-4,7-9,12-17,24,28H,2,5-6,10-11,18-20H2,(H,34,37)/t28-/m1/s1. The number of amides is 2. The monoisotopic (exact) mass is 556 g/mol. The van der Waals surface area contributed by atoms with Gasteiger partial charge in [-0.1, -0.05) is 103 Å². The molecule has 1 fully saturated rings. The molecule has 0 radical (unpaired) electrons. The summed E-state index contributed by atoms with van der Waals surface area (Å²) < 4.78 is 0. The van der Waals surface area contributed by atoms with Crippen molar-refractivity contribution in [3.63, 3.8) is 0 Å². The third-order valence-electron chi connectivity index (χ3n) is 6.88. The van der Waals surface area contributed by atoms with Crippen molar-refractivity contribution in [2.45, 2.75) is 63.6 Å². The Morgan fingerprint density at radius 1 is 0.811 bits per heavy atom. The predicted octanol–water partition coefficient (Wildman–Crippen LogP) is 7.28. The second-order valence-electron chi connectivity index (χ2n) is 9.57. The lowest BCUT2D eigenvalue weighted by atomic mass is 9.94. The van der Waals surface area contributed by atoms with Crippen LogP contribution in [0.4, 0.5) is 0 Å². The third kappa shape index (κ3) is 7.73. The molecule has 1 atom stereocenters. The van der Waals surface area contributed by atoms with Gasteiger partial charge in [-0.25, -0.2) is 0 Å². The Kier molecular flexibility index (Phi) is 9.90. The predicted molar refractivity (Wildman–Crippen MR) is 151 cm³/mol. The lowest BCUT2D eigenvalue weighted by molar-refractivity contribution is -0.141. The molecule has 0 heterocycles. The second-order valence-corrected chi connectivity index (χ2v) is 10.8. The number of rotatable bonds is 9. The van der Waals surface area contributed by atoms with Crippen molar-refractivity contribution in [3.05, 3.63) is 105 Å². The minimum absolute atomic E-state index is 0.00586. The summed E-state index contributed by atoms with van der Waals surface area (Å²) in [6.45, 7) is 0.258. The average molecular weight is 558 g/mol. The van der Waals surface area contributed by atoms with Gasteiger partial charge < -0.3 is 10.2 Å². The molecule has 3 aromatic carbocycles. The van der Waals surface area contributed by atoms with Crippen LogP contribution in [0.3, 0.4) is 0 Å². The Bertz CT molecular complexity index is 1170. The van der Waals surface area contributed by atoms with E-state index in [4.69, 9.17) is 34.8 Å². The van der Waals surface area contributed by atoms with Crippen LogP contribution >= 0.6 is 34.8 Å². The molecule has 0 spiro atoms. The van der Waals surface area contributed by atoms with Crippen LogP contribution < -0.4 is 5.32 Å². The van der Waals surface area contributed by atoms with Crippen LogP contribution in [0.25, 0.3) is 0 Å². The molecule has 1 aliphatic carbocycles. The van der Waals surface area contributed by atoms with Crippen LogP contribution in [0.5, 0.6) is 0 Å². The molecule has 4 rings (SSSR count). The van der Waals surface area contributed by atoms with Crippen LogP contribution in [-0.4, -0.2) is 28.8 Å². The number of benzene rings is 3. The Morgan fingerprint density at radius 3 is 2.11 bits per heavy atom. The van der Waals surface area contributed by atoms with Crippen molar-refractivity contribution < 1.29 is 9.59 Å². The van der Waals surface area contributed by atoms with E-state index in [-0.39, 0.29) is 30.8 Å². The zero-order valence-electron chi connectivity index (χ0n) is 20.6. The van der Waals surface area contributed by atoms with Crippen LogP contribution in [0.2, 0.25) is 15.1 Å². The number of carbonyl (C=O) groups is 2. The molecule has 1 N–H and O–H groups in total. The Balaban J connectivity index is 1.68. The van der Waals surface area contributed by atoms with Crippen molar-refractivity contribution in [2.75, 3.05) is 0 Å². The molecule has 194 valence electrons. The van der Waals surface area contributed by atoms with Gasteiger partial charge in [-0.2, -0.15) is 0 Å². The van der Waals surface area contributed by atoms with Crippen LogP contribution in [0.15, 0.2) is 72.8 Å². The molecule has 1 saturated carbocycles. The lowest BCUT2D eigenvalue weighted by Gasteiger charge is -2.33. The van der Waals surface area contributed by atoms with Crippen LogP contribution in [0.1, 0.15) is 48.8 Å².